The first kappa shape index (κ1) is 26.2. The van der Waals surface area contributed by atoms with Crippen molar-refractivity contribution in [2.45, 2.75) is 43.0 Å². The van der Waals surface area contributed by atoms with Crippen molar-refractivity contribution in [2.24, 2.45) is 5.92 Å². The molecule has 1 heterocycles. The van der Waals surface area contributed by atoms with Crippen LogP contribution in [0.15, 0.2) is 65.6 Å². The number of hydrogen-bond donors (Lipinski definition) is 1. The summed E-state index contributed by atoms with van der Waals surface area (Å²) in [5, 5.41) is 9.44. The maximum absolute atomic E-state index is 14.2. The van der Waals surface area contributed by atoms with Crippen LogP contribution in [-0.2, 0) is 10.0 Å². The SMILES string of the molecule is COc1cc2c(cc1-c1ccc(F)c(C(=O)O)c1)S(=O)(=O)N(C)[C@H](C1CCCCC1)CN2c1ccccc1. The highest BCUT2D eigenvalue weighted by atomic mass is 32.2. The fourth-order valence-corrected chi connectivity index (χ4v) is 7.37. The Morgan fingerprint density at radius 3 is 2.39 bits per heavy atom. The number of hydrogen-bond acceptors (Lipinski definition) is 5. The van der Waals surface area contributed by atoms with E-state index in [4.69, 9.17) is 4.74 Å². The van der Waals surface area contributed by atoms with Crippen LogP contribution in [0.5, 0.6) is 5.75 Å². The van der Waals surface area contributed by atoms with E-state index in [1.807, 2.05) is 35.2 Å². The summed E-state index contributed by atoms with van der Waals surface area (Å²) in [4.78, 5) is 13.7. The molecule has 7 nitrogen and oxygen atoms in total. The molecular weight excluding hydrogens is 507 g/mol. The fourth-order valence-electron chi connectivity index (χ4n) is 5.77. The normalized spacial score (nSPS) is 20.0. The fraction of sp³-hybridized carbons (Fsp3) is 0.345. The molecule has 3 aromatic rings. The van der Waals surface area contributed by atoms with Gasteiger partial charge in [0, 0.05) is 37.0 Å². The van der Waals surface area contributed by atoms with Crippen LogP contribution in [-0.4, -0.2) is 50.5 Å². The van der Waals surface area contributed by atoms with Crippen LogP contribution < -0.4 is 9.64 Å². The van der Waals surface area contributed by atoms with Crippen LogP contribution in [0.4, 0.5) is 15.8 Å². The summed E-state index contributed by atoms with van der Waals surface area (Å²) in [6.45, 7) is 0.486. The number of carboxylic acid groups (broad SMARTS) is 1. The quantitative estimate of drug-likeness (QED) is 0.434. The van der Waals surface area contributed by atoms with Crippen molar-refractivity contribution in [1.29, 1.82) is 0 Å². The standard InChI is InChI=1S/C29H31FN2O5S/c1-31-26(19-9-5-3-6-10-19)18-32(21-11-7-4-8-12-21)25-17-27(37-2)22(16-28(25)38(31,35)36)20-13-14-24(30)23(15-20)29(33)34/h4,7-8,11-17,19,26H,3,5-6,9-10,18H2,1-2H3,(H,33,34)/t26-/m0/s1. The Morgan fingerprint density at radius 1 is 1.03 bits per heavy atom. The van der Waals surface area contributed by atoms with E-state index in [0.717, 1.165) is 37.4 Å². The molecule has 0 saturated heterocycles. The average Bonchev–Trinajstić information content (AvgIpc) is 3.01. The van der Waals surface area contributed by atoms with Crippen molar-refractivity contribution in [3.63, 3.8) is 0 Å². The molecule has 1 fully saturated rings. The Morgan fingerprint density at radius 2 is 1.74 bits per heavy atom. The second-order valence-electron chi connectivity index (χ2n) is 9.95. The van der Waals surface area contributed by atoms with Crippen LogP contribution in [0.25, 0.3) is 11.1 Å². The molecule has 0 bridgehead atoms. The maximum atomic E-state index is 14.2. The summed E-state index contributed by atoms with van der Waals surface area (Å²) in [6, 6.07) is 16.4. The molecule has 0 spiro atoms. The lowest BCUT2D eigenvalue weighted by Crippen LogP contribution is -2.46. The monoisotopic (exact) mass is 538 g/mol. The molecule has 0 aromatic heterocycles. The number of benzene rings is 3. The highest BCUT2D eigenvalue weighted by Crippen LogP contribution is 2.45. The zero-order chi connectivity index (χ0) is 27.0. The molecule has 200 valence electrons. The Hall–Kier alpha value is -3.43. The van der Waals surface area contributed by atoms with Gasteiger partial charge in [0.25, 0.3) is 0 Å². The van der Waals surface area contributed by atoms with E-state index in [1.165, 1.54) is 36.0 Å². The van der Waals surface area contributed by atoms with Crippen molar-refractivity contribution in [1.82, 2.24) is 4.31 Å². The van der Waals surface area contributed by atoms with E-state index >= 15 is 0 Å². The van der Waals surface area contributed by atoms with Gasteiger partial charge in [-0.1, -0.05) is 43.5 Å². The third kappa shape index (κ3) is 4.65. The molecule has 1 atom stereocenters. The third-order valence-electron chi connectivity index (χ3n) is 7.84. The number of carboxylic acids is 1. The lowest BCUT2D eigenvalue weighted by Gasteiger charge is -2.36. The molecule has 1 N–H and O–H groups in total. The molecular formula is C29H31FN2O5S. The molecule has 1 aliphatic carbocycles. The lowest BCUT2D eigenvalue weighted by atomic mass is 9.83. The molecule has 38 heavy (non-hydrogen) atoms. The number of para-hydroxylation sites is 1. The number of halogens is 1. The number of anilines is 2. The smallest absolute Gasteiger partial charge is 0.338 e. The first-order chi connectivity index (χ1) is 18.2. The van der Waals surface area contributed by atoms with Crippen LogP contribution in [0.1, 0.15) is 42.5 Å². The number of fused-ring (bicyclic) bond motifs is 1. The van der Waals surface area contributed by atoms with E-state index in [9.17, 15) is 22.7 Å². The predicted octanol–water partition coefficient (Wildman–Crippen LogP) is 5.92. The van der Waals surface area contributed by atoms with Crippen molar-refractivity contribution in [2.75, 3.05) is 25.6 Å². The number of ether oxygens (including phenoxy) is 1. The number of nitrogens with zero attached hydrogens (tertiary/aromatic N) is 2. The Labute approximate surface area is 222 Å². The van der Waals surface area contributed by atoms with Gasteiger partial charge in [0.15, 0.2) is 0 Å². The lowest BCUT2D eigenvalue weighted by molar-refractivity contribution is 0.0692. The summed E-state index contributed by atoms with van der Waals surface area (Å²) in [5.41, 5.74) is 1.57. The molecule has 0 amide bonds. The van der Waals surface area contributed by atoms with Crippen molar-refractivity contribution in [3.05, 3.63) is 72.0 Å². The highest BCUT2D eigenvalue weighted by Gasteiger charge is 2.41. The van der Waals surface area contributed by atoms with Gasteiger partial charge < -0.3 is 14.7 Å². The molecule has 9 heteroatoms. The molecule has 1 saturated carbocycles. The maximum Gasteiger partial charge on any atom is 0.338 e. The molecule has 0 unspecified atom stereocenters. The second-order valence-corrected chi connectivity index (χ2v) is 11.9. The summed E-state index contributed by atoms with van der Waals surface area (Å²) < 4.78 is 49.7. The van der Waals surface area contributed by atoms with Gasteiger partial charge in [0.2, 0.25) is 10.0 Å². The van der Waals surface area contributed by atoms with E-state index < -0.39 is 27.4 Å². The van der Waals surface area contributed by atoms with Crippen LogP contribution >= 0.6 is 0 Å². The van der Waals surface area contributed by atoms with E-state index in [2.05, 4.69) is 0 Å². The van der Waals surface area contributed by atoms with Crippen LogP contribution in [0, 0.1) is 11.7 Å². The topological polar surface area (TPSA) is 87.1 Å². The minimum atomic E-state index is -3.94. The predicted molar refractivity (Wildman–Crippen MR) is 144 cm³/mol. The Balaban J connectivity index is 1.73. The molecule has 0 radical (unpaired) electrons. The zero-order valence-electron chi connectivity index (χ0n) is 21.4. The van der Waals surface area contributed by atoms with Crippen molar-refractivity contribution in [3.8, 4) is 16.9 Å². The minimum Gasteiger partial charge on any atom is -0.496 e. The average molecular weight is 539 g/mol. The molecule has 5 rings (SSSR count). The number of methoxy groups -OCH3 is 1. The van der Waals surface area contributed by atoms with Gasteiger partial charge in [0.1, 0.15) is 16.5 Å². The number of carbonyl (C=O) groups is 1. The van der Waals surface area contributed by atoms with Gasteiger partial charge in [-0.2, -0.15) is 4.31 Å². The number of rotatable bonds is 5. The van der Waals surface area contributed by atoms with Crippen molar-refractivity contribution >= 4 is 27.4 Å². The zero-order valence-corrected chi connectivity index (χ0v) is 22.2. The third-order valence-corrected chi connectivity index (χ3v) is 9.75. The van der Waals surface area contributed by atoms with Crippen LogP contribution in [0.2, 0.25) is 0 Å². The summed E-state index contributed by atoms with van der Waals surface area (Å²) in [6.07, 6.45) is 5.29. The first-order valence-corrected chi connectivity index (χ1v) is 14.2. The Bertz CT molecular complexity index is 1460. The summed E-state index contributed by atoms with van der Waals surface area (Å²) in [7, 11) is -0.817. The van der Waals surface area contributed by atoms with Gasteiger partial charge in [-0.25, -0.2) is 17.6 Å². The summed E-state index contributed by atoms with van der Waals surface area (Å²) >= 11 is 0. The number of aromatic carboxylic acids is 1. The van der Waals surface area contributed by atoms with Crippen molar-refractivity contribution < 1.29 is 27.4 Å². The highest BCUT2D eigenvalue weighted by molar-refractivity contribution is 7.89. The number of sulfonamides is 1. The van der Waals surface area contributed by atoms with E-state index in [-0.39, 0.29) is 16.9 Å². The minimum absolute atomic E-state index is 0.0964. The van der Waals surface area contributed by atoms with E-state index in [0.29, 0.717) is 29.1 Å². The summed E-state index contributed by atoms with van der Waals surface area (Å²) in [5.74, 6) is -1.67. The van der Waals surface area contributed by atoms with Crippen LogP contribution in [0.3, 0.4) is 0 Å². The van der Waals surface area contributed by atoms with Gasteiger partial charge in [0.05, 0.1) is 18.4 Å². The first-order valence-electron chi connectivity index (χ1n) is 12.8. The van der Waals surface area contributed by atoms with E-state index in [1.54, 1.807) is 13.1 Å². The second kappa shape index (κ2) is 10.4. The van der Waals surface area contributed by atoms with Gasteiger partial charge in [-0.3, -0.25) is 0 Å². The van der Waals surface area contributed by atoms with Gasteiger partial charge in [-0.15, -0.1) is 0 Å². The molecule has 2 aliphatic rings. The largest absolute Gasteiger partial charge is 0.496 e. The molecule has 3 aromatic carbocycles. The Kier molecular flexibility index (Phi) is 7.15. The van der Waals surface area contributed by atoms with Gasteiger partial charge in [-0.05, 0) is 54.7 Å². The number of likely N-dealkylation sites (N-methyl/N-ethyl adjacent to an activating group) is 1. The molecule has 1 aliphatic heterocycles. The van der Waals surface area contributed by atoms with Gasteiger partial charge >= 0.3 is 5.97 Å².